The molecule has 23 heavy (non-hydrogen) atoms. The summed E-state index contributed by atoms with van der Waals surface area (Å²) in [4.78, 5) is 34.0. The van der Waals surface area contributed by atoms with Crippen LogP contribution in [0.1, 0.15) is 26.3 Å². The van der Waals surface area contributed by atoms with Crippen LogP contribution in [0.25, 0.3) is 11.1 Å². The molecule has 0 fully saturated rings. The summed E-state index contributed by atoms with van der Waals surface area (Å²) in [5.74, 6) is -0.128. The van der Waals surface area contributed by atoms with Crippen LogP contribution in [0.15, 0.2) is 36.4 Å². The van der Waals surface area contributed by atoms with E-state index in [1.807, 2.05) is 30.3 Å². The van der Waals surface area contributed by atoms with Crippen molar-refractivity contribution in [1.82, 2.24) is 4.90 Å². The van der Waals surface area contributed by atoms with Gasteiger partial charge in [0.1, 0.15) is 0 Å². The van der Waals surface area contributed by atoms with Crippen LogP contribution in [0.4, 0.5) is 0 Å². The molecule has 4 heteroatoms. The van der Waals surface area contributed by atoms with Crippen LogP contribution in [-0.2, 0) is 0 Å². The van der Waals surface area contributed by atoms with E-state index in [0.29, 0.717) is 16.7 Å². The summed E-state index contributed by atoms with van der Waals surface area (Å²) in [7, 11) is 3.46. The molecule has 0 N–H and O–H groups in total. The first kappa shape index (κ1) is 16.2. The molecule has 3 rings (SSSR count). The van der Waals surface area contributed by atoms with E-state index in [1.165, 1.54) is 3.58 Å². The van der Waals surface area contributed by atoms with Gasteiger partial charge in [0.2, 0.25) is 0 Å². The average molecular weight is 414 g/mol. The van der Waals surface area contributed by atoms with Crippen LogP contribution in [0.2, 0.25) is 14.8 Å². The van der Waals surface area contributed by atoms with E-state index in [2.05, 4.69) is 20.9 Å². The summed E-state index contributed by atoms with van der Waals surface area (Å²) in [6.45, 7) is 0. The Hall–Kier alpha value is -1.62. The summed E-state index contributed by atoms with van der Waals surface area (Å²) < 4.78 is 1.27. The van der Waals surface area contributed by atoms with Gasteiger partial charge in [-0.1, -0.05) is 0 Å². The zero-order chi connectivity index (χ0) is 16.9. The van der Waals surface area contributed by atoms with Gasteiger partial charge in [-0.25, -0.2) is 0 Å². The fourth-order valence-electron chi connectivity index (χ4n) is 2.99. The molecule has 1 amide bonds. The summed E-state index contributed by atoms with van der Waals surface area (Å²) in [5, 5.41) is 0. The predicted molar refractivity (Wildman–Crippen MR) is 96.3 cm³/mol. The summed E-state index contributed by atoms with van der Waals surface area (Å²) in [6, 6.07) is 11.8. The number of ketones is 1. The average Bonchev–Trinajstić information content (AvgIpc) is 2.78. The van der Waals surface area contributed by atoms with Gasteiger partial charge in [0, 0.05) is 0 Å². The standard InChI is InChI=1S/C16H12NO2.3CH3.Sn/c1-17(2)16(19)13-9-5-8-11-10-6-3-4-7-12(10)15(18)14(11)13;;;;/h3-4,6-9H,1-2H3;3*1H3;. The van der Waals surface area contributed by atoms with Crippen LogP contribution in [0.5, 0.6) is 0 Å². The molecule has 3 nitrogen and oxygen atoms in total. The Morgan fingerprint density at radius 1 is 0.957 bits per heavy atom. The van der Waals surface area contributed by atoms with Gasteiger partial charge in [0.25, 0.3) is 0 Å². The van der Waals surface area contributed by atoms with Gasteiger partial charge in [-0.3, -0.25) is 0 Å². The zero-order valence-corrected chi connectivity index (χ0v) is 17.1. The van der Waals surface area contributed by atoms with Crippen LogP contribution < -0.4 is 3.58 Å². The van der Waals surface area contributed by atoms with E-state index in [9.17, 15) is 9.59 Å². The maximum absolute atomic E-state index is 12.8. The second-order valence-electron chi connectivity index (χ2n) is 7.27. The number of benzene rings is 2. The number of carbonyl (C=O) groups excluding carboxylic acids is 2. The molecular weight excluding hydrogens is 393 g/mol. The van der Waals surface area contributed by atoms with Gasteiger partial charge >= 0.3 is 141 Å². The van der Waals surface area contributed by atoms with Crippen molar-refractivity contribution >= 4 is 33.6 Å². The van der Waals surface area contributed by atoms with Gasteiger partial charge in [0.15, 0.2) is 0 Å². The molecule has 1 aliphatic rings. The summed E-state index contributed by atoms with van der Waals surface area (Å²) in [6.07, 6.45) is 0. The van der Waals surface area contributed by atoms with E-state index in [-0.39, 0.29) is 11.7 Å². The molecule has 0 saturated carbocycles. The second kappa shape index (κ2) is 5.48. The van der Waals surface area contributed by atoms with Crippen LogP contribution in [-0.4, -0.2) is 49.1 Å². The summed E-state index contributed by atoms with van der Waals surface area (Å²) in [5.41, 5.74) is 3.72. The Kier molecular flexibility index (Phi) is 3.87. The predicted octanol–water partition coefficient (Wildman–Crippen LogP) is 3.15. The van der Waals surface area contributed by atoms with Crippen molar-refractivity contribution in [2.75, 3.05) is 14.1 Å². The summed E-state index contributed by atoms with van der Waals surface area (Å²) >= 11 is -2.39. The third kappa shape index (κ3) is 2.61. The first-order chi connectivity index (χ1) is 10.7. The van der Waals surface area contributed by atoms with Crippen LogP contribution in [0.3, 0.4) is 0 Å². The van der Waals surface area contributed by atoms with Crippen molar-refractivity contribution in [2.24, 2.45) is 0 Å². The molecule has 0 heterocycles. The van der Waals surface area contributed by atoms with Gasteiger partial charge in [0.05, 0.1) is 0 Å². The van der Waals surface area contributed by atoms with Crippen molar-refractivity contribution in [3.63, 3.8) is 0 Å². The number of hydrogen-bond donors (Lipinski definition) is 0. The molecule has 0 radical (unpaired) electrons. The number of carbonyl (C=O) groups is 2. The fraction of sp³-hybridized carbons (Fsp3) is 0.263. The number of nitrogens with zero attached hydrogens (tertiary/aromatic N) is 1. The Bertz CT molecular complexity index is 832. The Labute approximate surface area is 141 Å². The quantitative estimate of drug-likeness (QED) is 0.605. The van der Waals surface area contributed by atoms with Gasteiger partial charge in [-0.2, -0.15) is 0 Å². The van der Waals surface area contributed by atoms with E-state index < -0.39 is 18.4 Å². The minimum absolute atomic E-state index is 0.0311. The molecule has 0 aliphatic heterocycles. The van der Waals surface area contributed by atoms with Crippen molar-refractivity contribution in [3.05, 3.63) is 53.1 Å². The van der Waals surface area contributed by atoms with E-state index in [4.69, 9.17) is 0 Å². The Morgan fingerprint density at radius 3 is 2.13 bits per heavy atom. The van der Waals surface area contributed by atoms with Crippen molar-refractivity contribution in [1.29, 1.82) is 0 Å². The topological polar surface area (TPSA) is 37.4 Å². The number of hydrogen-bond acceptors (Lipinski definition) is 2. The molecule has 0 atom stereocenters. The molecule has 2 aromatic carbocycles. The number of rotatable bonds is 2. The van der Waals surface area contributed by atoms with Gasteiger partial charge in [-0.15, -0.1) is 0 Å². The van der Waals surface area contributed by atoms with E-state index in [1.54, 1.807) is 19.0 Å². The van der Waals surface area contributed by atoms with E-state index in [0.717, 1.165) is 11.1 Å². The fourth-order valence-corrected chi connectivity index (χ4v) is 6.29. The molecule has 0 aromatic heterocycles. The first-order valence-electron chi connectivity index (χ1n) is 7.76. The molecule has 1 aliphatic carbocycles. The number of fused-ring (bicyclic) bond motifs is 3. The Balaban J connectivity index is 2.36. The monoisotopic (exact) mass is 415 g/mol. The second-order valence-corrected chi connectivity index (χ2v) is 21.8. The molecule has 118 valence electrons. The Morgan fingerprint density at radius 2 is 1.57 bits per heavy atom. The molecule has 0 saturated heterocycles. The number of amides is 1. The zero-order valence-electron chi connectivity index (χ0n) is 14.2. The van der Waals surface area contributed by atoms with Crippen LogP contribution in [0, 0.1) is 0 Å². The van der Waals surface area contributed by atoms with Gasteiger partial charge in [-0.05, 0) is 0 Å². The van der Waals surface area contributed by atoms with E-state index >= 15 is 0 Å². The van der Waals surface area contributed by atoms with Crippen molar-refractivity contribution < 1.29 is 9.59 Å². The third-order valence-corrected chi connectivity index (χ3v) is 10.1. The molecular formula is C19H21NO2Sn. The van der Waals surface area contributed by atoms with Gasteiger partial charge < -0.3 is 0 Å². The third-order valence-electron chi connectivity index (χ3n) is 4.33. The molecule has 2 aromatic rings. The minimum atomic E-state index is -2.39. The normalized spacial score (nSPS) is 12.8. The molecule has 0 unspecified atom stereocenters. The van der Waals surface area contributed by atoms with Crippen LogP contribution >= 0.6 is 0 Å². The van der Waals surface area contributed by atoms with Crippen molar-refractivity contribution in [3.8, 4) is 11.1 Å². The van der Waals surface area contributed by atoms with Crippen molar-refractivity contribution in [2.45, 2.75) is 14.8 Å². The first-order valence-corrected chi connectivity index (χ1v) is 17.7. The SMILES string of the molecule is CN(C)C(=O)c1c[c]([Sn]([CH3])([CH3])[CH3])cc2c1C(=O)c1ccccc1-2. The molecule has 0 bridgehead atoms. The molecule has 0 spiro atoms. The maximum atomic E-state index is 12.8.